The zero-order valence-corrected chi connectivity index (χ0v) is 10.6. The average molecular weight is 239 g/mol. The zero-order valence-electron chi connectivity index (χ0n) is 10.6. The van der Waals surface area contributed by atoms with Crippen LogP contribution in [0.4, 0.5) is 5.82 Å². The van der Waals surface area contributed by atoms with Gasteiger partial charge in [0.1, 0.15) is 5.82 Å². The highest BCUT2D eigenvalue weighted by Crippen LogP contribution is 2.00. The Morgan fingerprint density at radius 1 is 1.12 bits per heavy atom. The molecule has 0 aliphatic heterocycles. The molecule has 0 spiro atoms. The molecule has 96 valence electrons. The summed E-state index contributed by atoms with van der Waals surface area (Å²) in [7, 11) is 1.81. The van der Waals surface area contributed by atoms with Gasteiger partial charge in [-0.3, -0.25) is 4.98 Å². The second kappa shape index (κ2) is 8.90. The largest absolute Gasteiger partial charge is 0.379 e. The first-order valence-electron chi connectivity index (χ1n) is 6.01. The number of nitrogens with one attached hydrogen (secondary N) is 1. The van der Waals surface area contributed by atoms with Crippen molar-refractivity contribution in [3.63, 3.8) is 0 Å². The Morgan fingerprint density at radius 2 is 1.94 bits per heavy atom. The van der Waals surface area contributed by atoms with Gasteiger partial charge in [0.25, 0.3) is 0 Å². The lowest BCUT2D eigenvalue weighted by Gasteiger charge is -2.05. The molecule has 1 heterocycles. The molecule has 0 unspecified atom stereocenters. The van der Waals surface area contributed by atoms with Crippen LogP contribution in [-0.2, 0) is 16.1 Å². The van der Waals surface area contributed by atoms with Crippen LogP contribution in [0.25, 0.3) is 0 Å². The first kappa shape index (κ1) is 13.9. The summed E-state index contributed by atoms with van der Waals surface area (Å²) in [5.41, 5.74) is 0.831. The number of nitrogens with zero attached hydrogens (tertiary/aromatic N) is 2. The molecular weight excluding hydrogens is 218 g/mol. The van der Waals surface area contributed by atoms with Gasteiger partial charge in [0.05, 0.1) is 37.9 Å². The fraction of sp³-hybridized carbons (Fsp3) is 0.667. The summed E-state index contributed by atoms with van der Waals surface area (Å²) in [6.07, 6.45) is 5.67. The highest BCUT2D eigenvalue weighted by Gasteiger charge is 1.96. The molecule has 0 radical (unpaired) electrons. The molecule has 0 saturated carbocycles. The average Bonchev–Trinajstić information content (AvgIpc) is 2.38. The molecule has 1 rings (SSSR count). The smallest absolute Gasteiger partial charge is 0.144 e. The minimum atomic E-state index is 0.480. The van der Waals surface area contributed by atoms with Crippen molar-refractivity contribution in [2.24, 2.45) is 0 Å². The normalized spacial score (nSPS) is 10.5. The third-order valence-corrected chi connectivity index (χ3v) is 2.23. The Hall–Kier alpha value is -1.20. The van der Waals surface area contributed by atoms with E-state index in [0.29, 0.717) is 19.8 Å². The Morgan fingerprint density at radius 3 is 2.59 bits per heavy atom. The zero-order chi connectivity index (χ0) is 12.3. The lowest BCUT2D eigenvalue weighted by molar-refractivity contribution is 0.0385. The molecule has 5 nitrogen and oxygen atoms in total. The first-order valence-corrected chi connectivity index (χ1v) is 6.01. The van der Waals surface area contributed by atoms with E-state index in [1.54, 1.807) is 12.4 Å². The summed E-state index contributed by atoms with van der Waals surface area (Å²) >= 11 is 0. The van der Waals surface area contributed by atoms with Crippen molar-refractivity contribution in [3.8, 4) is 0 Å². The van der Waals surface area contributed by atoms with E-state index in [1.165, 1.54) is 0 Å². The predicted molar refractivity (Wildman–Crippen MR) is 67.0 cm³/mol. The molecule has 0 bridgehead atoms. The van der Waals surface area contributed by atoms with Crippen molar-refractivity contribution in [1.29, 1.82) is 0 Å². The minimum absolute atomic E-state index is 0.480. The maximum atomic E-state index is 5.43. The van der Waals surface area contributed by atoms with E-state index in [-0.39, 0.29) is 0 Å². The van der Waals surface area contributed by atoms with E-state index in [4.69, 9.17) is 9.47 Å². The van der Waals surface area contributed by atoms with Gasteiger partial charge in [-0.1, -0.05) is 13.3 Å². The van der Waals surface area contributed by atoms with E-state index in [0.717, 1.165) is 31.0 Å². The van der Waals surface area contributed by atoms with Crippen LogP contribution in [0.1, 0.15) is 25.5 Å². The van der Waals surface area contributed by atoms with Gasteiger partial charge in [0, 0.05) is 13.7 Å². The summed E-state index contributed by atoms with van der Waals surface area (Å²) < 4.78 is 10.8. The highest BCUT2D eigenvalue weighted by molar-refractivity contribution is 5.29. The number of ether oxygens (including phenoxy) is 2. The van der Waals surface area contributed by atoms with Crippen LogP contribution in [0.5, 0.6) is 0 Å². The third-order valence-electron chi connectivity index (χ3n) is 2.23. The van der Waals surface area contributed by atoms with E-state index >= 15 is 0 Å². The molecule has 17 heavy (non-hydrogen) atoms. The minimum Gasteiger partial charge on any atom is -0.379 e. The van der Waals surface area contributed by atoms with E-state index in [1.807, 2.05) is 7.05 Å². The van der Waals surface area contributed by atoms with Crippen molar-refractivity contribution in [2.45, 2.75) is 26.4 Å². The van der Waals surface area contributed by atoms with Crippen LogP contribution in [0.2, 0.25) is 0 Å². The second-order valence-corrected chi connectivity index (χ2v) is 3.66. The molecule has 0 aliphatic carbocycles. The van der Waals surface area contributed by atoms with E-state index < -0.39 is 0 Å². The molecule has 1 N–H and O–H groups in total. The van der Waals surface area contributed by atoms with Gasteiger partial charge in [-0.05, 0) is 6.42 Å². The van der Waals surface area contributed by atoms with Crippen molar-refractivity contribution < 1.29 is 9.47 Å². The molecule has 0 saturated heterocycles. The Balaban J connectivity index is 2.05. The number of aromatic nitrogens is 2. The number of unbranched alkanes of at least 4 members (excludes halogenated alkanes) is 1. The van der Waals surface area contributed by atoms with Crippen molar-refractivity contribution >= 4 is 5.82 Å². The molecular formula is C12H21N3O2. The van der Waals surface area contributed by atoms with Gasteiger partial charge < -0.3 is 14.8 Å². The maximum absolute atomic E-state index is 5.43. The molecule has 0 amide bonds. The first-order chi connectivity index (χ1) is 8.36. The monoisotopic (exact) mass is 239 g/mol. The van der Waals surface area contributed by atoms with Crippen LogP contribution in [0.15, 0.2) is 12.4 Å². The third kappa shape index (κ3) is 6.19. The van der Waals surface area contributed by atoms with Gasteiger partial charge in [0.15, 0.2) is 0 Å². The molecule has 5 heteroatoms. The number of hydrogen-bond acceptors (Lipinski definition) is 5. The number of hydrogen-bond donors (Lipinski definition) is 1. The standard InChI is InChI=1S/C12H21N3O2/c1-3-4-5-16-6-7-17-10-11-8-15-12(13-2)9-14-11/h8-9H,3-7,10H2,1-2H3,(H,13,15). The predicted octanol–water partition coefficient (Wildman–Crippen LogP) is 1.85. The van der Waals surface area contributed by atoms with Gasteiger partial charge in [0.2, 0.25) is 0 Å². The Kier molecular flexibility index (Phi) is 7.25. The van der Waals surface area contributed by atoms with Crippen molar-refractivity contribution in [3.05, 3.63) is 18.1 Å². The lowest BCUT2D eigenvalue weighted by atomic mass is 10.4. The molecule has 1 aromatic heterocycles. The summed E-state index contributed by atoms with van der Waals surface area (Å²) in [4.78, 5) is 8.36. The quantitative estimate of drug-likeness (QED) is 0.666. The molecule has 0 aliphatic rings. The van der Waals surface area contributed by atoms with E-state index in [2.05, 4.69) is 22.2 Å². The SMILES string of the molecule is CCCCOCCOCc1cnc(NC)cn1. The summed E-state index contributed by atoms with van der Waals surface area (Å²) in [6, 6.07) is 0. The fourth-order valence-electron chi connectivity index (χ4n) is 1.20. The van der Waals surface area contributed by atoms with Gasteiger partial charge in [-0.15, -0.1) is 0 Å². The second-order valence-electron chi connectivity index (χ2n) is 3.66. The van der Waals surface area contributed by atoms with E-state index in [9.17, 15) is 0 Å². The highest BCUT2D eigenvalue weighted by atomic mass is 16.5. The summed E-state index contributed by atoms with van der Waals surface area (Å²) in [5, 5.41) is 2.92. The maximum Gasteiger partial charge on any atom is 0.144 e. The molecule has 0 fully saturated rings. The fourth-order valence-corrected chi connectivity index (χ4v) is 1.20. The summed E-state index contributed by atoms with van der Waals surface area (Å²) in [5.74, 6) is 0.761. The lowest BCUT2D eigenvalue weighted by Crippen LogP contribution is -2.06. The number of rotatable bonds is 9. The Labute approximate surface area is 103 Å². The van der Waals surface area contributed by atoms with Gasteiger partial charge in [-0.2, -0.15) is 0 Å². The number of anilines is 1. The molecule has 0 atom stereocenters. The van der Waals surface area contributed by atoms with Crippen LogP contribution in [0, 0.1) is 0 Å². The van der Waals surface area contributed by atoms with Crippen LogP contribution < -0.4 is 5.32 Å². The van der Waals surface area contributed by atoms with Crippen molar-refractivity contribution in [2.75, 3.05) is 32.2 Å². The van der Waals surface area contributed by atoms with Crippen molar-refractivity contribution in [1.82, 2.24) is 9.97 Å². The topological polar surface area (TPSA) is 56.3 Å². The van der Waals surface area contributed by atoms with Crippen LogP contribution in [-0.4, -0.2) is 36.8 Å². The van der Waals surface area contributed by atoms with Crippen LogP contribution >= 0.6 is 0 Å². The van der Waals surface area contributed by atoms with Crippen LogP contribution in [0.3, 0.4) is 0 Å². The molecule has 1 aromatic rings. The van der Waals surface area contributed by atoms with Gasteiger partial charge in [-0.25, -0.2) is 4.98 Å². The molecule has 0 aromatic carbocycles. The van der Waals surface area contributed by atoms with Gasteiger partial charge >= 0.3 is 0 Å². The Bertz CT molecular complexity index is 290. The summed E-state index contributed by atoms with van der Waals surface area (Å²) in [6.45, 7) is 4.68.